The van der Waals surface area contributed by atoms with E-state index in [1.54, 1.807) is 18.2 Å². The number of aromatic nitrogens is 4. The fraction of sp³-hybridized carbons (Fsp3) is 0.357. The lowest BCUT2D eigenvalue weighted by atomic mass is 10.0. The van der Waals surface area contributed by atoms with E-state index in [4.69, 9.17) is 16.9 Å². The minimum atomic E-state index is -0.539. The van der Waals surface area contributed by atoms with Crippen molar-refractivity contribution in [3.05, 3.63) is 35.1 Å². The first-order valence-corrected chi connectivity index (χ1v) is 7.12. The quantitative estimate of drug-likeness (QED) is 0.909. The molecule has 0 saturated carbocycles. The van der Waals surface area contributed by atoms with Gasteiger partial charge < -0.3 is 5.32 Å². The molecule has 0 unspecified atom stereocenters. The zero-order chi connectivity index (χ0) is 16.1. The van der Waals surface area contributed by atoms with Crippen LogP contribution in [0.3, 0.4) is 0 Å². The van der Waals surface area contributed by atoms with Crippen LogP contribution < -0.4 is 5.32 Å². The predicted octanol–water partition coefficient (Wildman–Crippen LogP) is 1.98. The van der Waals surface area contributed by atoms with E-state index in [1.165, 1.54) is 11.0 Å². The van der Waals surface area contributed by atoms with E-state index >= 15 is 0 Å². The van der Waals surface area contributed by atoms with Gasteiger partial charge in [-0.2, -0.15) is 5.26 Å². The SMILES string of the molecule is CC(C)C[C@H](C#N)NC(=O)c1ccc(-n2cnnn2)cc1Cl. The molecule has 22 heavy (non-hydrogen) atoms. The molecule has 8 heteroatoms. The van der Waals surface area contributed by atoms with Gasteiger partial charge in [0.1, 0.15) is 12.4 Å². The summed E-state index contributed by atoms with van der Waals surface area (Å²) >= 11 is 6.15. The fourth-order valence-electron chi connectivity index (χ4n) is 1.96. The van der Waals surface area contributed by atoms with E-state index in [9.17, 15) is 4.79 Å². The van der Waals surface area contributed by atoms with Gasteiger partial charge in [0, 0.05) is 0 Å². The molecule has 0 aliphatic carbocycles. The molecule has 2 aromatic rings. The summed E-state index contributed by atoms with van der Waals surface area (Å²) in [4.78, 5) is 12.2. The number of carbonyl (C=O) groups is 1. The summed E-state index contributed by atoms with van der Waals surface area (Å²) in [6.07, 6.45) is 2.02. The Balaban J connectivity index is 2.15. The van der Waals surface area contributed by atoms with Crippen LogP contribution in [0.1, 0.15) is 30.6 Å². The largest absolute Gasteiger partial charge is 0.336 e. The van der Waals surface area contributed by atoms with Crippen LogP contribution in [0.15, 0.2) is 24.5 Å². The van der Waals surface area contributed by atoms with Crippen molar-refractivity contribution in [1.82, 2.24) is 25.5 Å². The number of hydrogen-bond acceptors (Lipinski definition) is 5. The molecular formula is C14H15ClN6O. The van der Waals surface area contributed by atoms with Gasteiger partial charge in [-0.15, -0.1) is 5.10 Å². The average molecular weight is 319 g/mol. The second-order valence-electron chi connectivity index (χ2n) is 5.20. The molecule has 7 nitrogen and oxygen atoms in total. The summed E-state index contributed by atoms with van der Waals surface area (Å²) in [5.74, 6) is -0.0666. The van der Waals surface area contributed by atoms with E-state index in [0.717, 1.165) is 0 Å². The Kier molecular flexibility index (Phi) is 5.07. The maximum Gasteiger partial charge on any atom is 0.253 e. The van der Waals surface area contributed by atoms with Crippen molar-refractivity contribution in [2.75, 3.05) is 0 Å². The summed E-state index contributed by atoms with van der Waals surface area (Å²) in [5, 5.41) is 22.9. The van der Waals surface area contributed by atoms with Crippen molar-refractivity contribution in [3.63, 3.8) is 0 Å². The van der Waals surface area contributed by atoms with Gasteiger partial charge in [0.25, 0.3) is 5.91 Å². The lowest BCUT2D eigenvalue weighted by Crippen LogP contribution is -2.34. The summed E-state index contributed by atoms with van der Waals surface area (Å²) in [6.45, 7) is 3.98. The Morgan fingerprint density at radius 1 is 1.50 bits per heavy atom. The number of amides is 1. The number of halogens is 1. The van der Waals surface area contributed by atoms with Crippen molar-refractivity contribution in [3.8, 4) is 11.8 Å². The fourth-order valence-corrected chi connectivity index (χ4v) is 2.22. The van der Waals surface area contributed by atoms with Gasteiger partial charge in [-0.25, -0.2) is 4.68 Å². The predicted molar refractivity (Wildman–Crippen MR) is 80.5 cm³/mol. The Bertz CT molecular complexity index is 692. The first-order valence-electron chi connectivity index (χ1n) is 6.74. The normalized spacial score (nSPS) is 12.0. The lowest BCUT2D eigenvalue weighted by Gasteiger charge is -2.14. The number of carbonyl (C=O) groups excluding carboxylic acids is 1. The van der Waals surface area contributed by atoms with Gasteiger partial charge in [-0.05, 0) is 41.0 Å². The molecule has 1 heterocycles. The number of nitrogens with one attached hydrogen (secondary N) is 1. The smallest absolute Gasteiger partial charge is 0.253 e. The van der Waals surface area contributed by atoms with Crippen LogP contribution in [0, 0.1) is 17.2 Å². The van der Waals surface area contributed by atoms with Crippen LogP contribution in [0.4, 0.5) is 0 Å². The van der Waals surface area contributed by atoms with Crippen LogP contribution in [0.5, 0.6) is 0 Å². The highest BCUT2D eigenvalue weighted by atomic mass is 35.5. The molecule has 0 bridgehead atoms. The van der Waals surface area contributed by atoms with Gasteiger partial charge in [-0.3, -0.25) is 4.79 Å². The van der Waals surface area contributed by atoms with Gasteiger partial charge in [0.05, 0.1) is 22.3 Å². The highest BCUT2D eigenvalue weighted by molar-refractivity contribution is 6.34. The third-order valence-electron chi connectivity index (χ3n) is 2.98. The second kappa shape index (κ2) is 7.00. The summed E-state index contributed by atoms with van der Waals surface area (Å²) in [6, 6.07) is 6.40. The molecule has 114 valence electrons. The van der Waals surface area contributed by atoms with Gasteiger partial charge >= 0.3 is 0 Å². The third-order valence-corrected chi connectivity index (χ3v) is 3.29. The standard InChI is InChI=1S/C14H15ClN6O/c1-9(2)5-10(7-16)18-14(22)12-4-3-11(6-13(12)15)21-8-17-19-20-21/h3-4,6,8-10H,5H2,1-2H3,(H,18,22)/t10-/m1/s1. The van der Waals surface area contributed by atoms with Crippen LogP contribution in [0.2, 0.25) is 5.02 Å². The van der Waals surface area contributed by atoms with E-state index in [1.807, 2.05) is 13.8 Å². The third kappa shape index (κ3) is 3.80. The van der Waals surface area contributed by atoms with Crippen LogP contribution in [0.25, 0.3) is 5.69 Å². The Morgan fingerprint density at radius 3 is 2.82 bits per heavy atom. The molecular weight excluding hydrogens is 304 g/mol. The van der Waals surface area contributed by atoms with E-state index < -0.39 is 6.04 Å². The Hall–Kier alpha value is -2.46. The van der Waals surface area contributed by atoms with Crippen molar-refractivity contribution in [1.29, 1.82) is 5.26 Å². The van der Waals surface area contributed by atoms with Crippen molar-refractivity contribution >= 4 is 17.5 Å². The van der Waals surface area contributed by atoms with Crippen molar-refractivity contribution in [2.24, 2.45) is 5.92 Å². The number of hydrogen-bond donors (Lipinski definition) is 1. The maximum absolute atomic E-state index is 12.2. The molecule has 1 N–H and O–H groups in total. The highest BCUT2D eigenvalue weighted by Crippen LogP contribution is 2.20. The minimum Gasteiger partial charge on any atom is -0.336 e. The molecule has 1 amide bonds. The number of nitrogens with zero attached hydrogens (tertiary/aromatic N) is 5. The molecule has 1 aromatic heterocycles. The van der Waals surface area contributed by atoms with Crippen LogP contribution >= 0.6 is 11.6 Å². The van der Waals surface area contributed by atoms with Gasteiger partial charge in [-0.1, -0.05) is 25.4 Å². The second-order valence-corrected chi connectivity index (χ2v) is 5.61. The molecule has 2 rings (SSSR count). The maximum atomic E-state index is 12.2. The van der Waals surface area contributed by atoms with Crippen LogP contribution in [-0.4, -0.2) is 32.2 Å². The summed E-state index contributed by atoms with van der Waals surface area (Å²) in [5.41, 5.74) is 0.952. The van der Waals surface area contributed by atoms with Crippen molar-refractivity contribution < 1.29 is 4.79 Å². The van der Waals surface area contributed by atoms with Gasteiger partial charge in [0.15, 0.2) is 0 Å². The number of nitriles is 1. The van der Waals surface area contributed by atoms with Crippen molar-refractivity contribution in [2.45, 2.75) is 26.3 Å². The summed E-state index contributed by atoms with van der Waals surface area (Å²) < 4.78 is 1.43. The van der Waals surface area contributed by atoms with Gasteiger partial charge in [0.2, 0.25) is 0 Å². The van der Waals surface area contributed by atoms with E-state index in [-0.39, 0.29) is 10.9 Å². The monoisotopic (exact) mass is 318 g/mol. The minimum absolute atomic E-state index is 0.270. The van der Waals surface area contributed by atoms with Crippen LogP contribution in [-0.2, 0) is 0 Å². The molecule has 0 saturated heterocycles. The highest BCUT2D eigenvalue weighted by Gasteiger charge is 2.17. The number of benzene rings is 1. The molecule has 0 spiro atoms. The molecule has 0 aliphatic heterocycles. The first-order chi connectivity index (χ1) is 10.5. The Labute approximate surface area is 132 Å². The molecule has 1 aromatic carbocycles. The molecule has 0 fully saturated rings. The Morgan fingerprint density at radius 2 is 2.27 bits per heavy atom. The zero-order valence-corrected chi connectivity index (χ0v) is 12.9. The number of tetrazole rings is 1. The molecule has 1 atom stereocenters. The topological polar surface area (TPSA) is 96.5 Å². The van der Waals surface area contributed by atoms with E-state index in [0.29, 0.717) is 23.6 Å². The molecule has 0 aliphatic rings. The number of rotatable bonds is 5. The lowest BCUT2D eigenvalue weighted by molar-refractivity contribution is 0.0942. The van der Waals surface area contributed by atoms with E-state index in [2.05, 4.69) is 26.9 Å². The summed E-state index contributed by atoms with van der Waals surface area (Å²) in [7, 11) is 0. The average Bonchev–Trinajstić information content (AvgIpc) is 2.99. The molecule has 0 radical (unpaired) electrons. The zero-order valence-electron chi connectivity index (χ0n) is 12.2. The first kappa shape index (κ1) is 15.9.